The van der Waals surface area contributed by atoms with Crippen molar-refractivity contribution in [2.75, 3.05) is 6.54 Å². The number of carboxylic acids is 1. The summed E-state index contributed by atoms with van der Waals surface area (Å²) in [6.45, 7) is 5.65. The average Bonchev–Trinajstić information content (AvgIpc) is 2.96. The number of hydrogen-bond donors (Lipinski definition) is 1. The molecular formula is C15H21NO5. The van der Waals surface area contributed by atoms with E-state index in [0.29, 0.717) is 19.4 Å². The minimum Gasteiger partial charge on any atom is -0.480 e. The van der Waals surface area contributed by atoms with Gasteiger partial charge in [-0.15, -0.1) is 0 Å². The van der Waals surface area contributed by atoms with E-state index in [2.05, 4.69) is 0 Å². The average molecular weight is 295 g/mol. The Labute approximate surface area is 123 Å². The molecule has 1 aliphatic heterocycles. The molecule has 6 nitrogen and oxygen atoms in total. The molecule has 0 radical (unpaired) electrons. The molecule has 1 amide bonds. The maximum Gasteiger partial charge on any atom is 0.411 e. The van der Waals surface area contributed by atoms with Gasteiger partial charge in [-0.25, -0.2) is 9.59 Å². The fraction of sp³-hybridized carbons (Fsp3) is 0.600. The number of amides is 1. The molecule has 1 aliphatic rings. The fourth-order valence-electron chi connectivity index (χ4n) is 2.54. The zero-order valence-electron chi connectivity index (χ0n) is 12.5. The summed E-state index contributed by atoms with van der Waals surface area (Å²) in [6.07, 6.45) is 2.05. The number of ether oxygens (including phenoxy) is 1. The molecule has 2 heterocycles. The Kier molecular flexibility index (Phi) is 4.25. The van der Waals surface area contributed by atoms with Gasteiger partial charge in [0.2, 0.25) is 0 Å². The van der Waals surface area contributed by atoms with Crippen LogP contribution in [-0.4, -0.2) is 40.3 Å². The lowest BCUT2D eigenvalue weighted by Crippen LogP contribution is -2.43. The summed E-state index contributed by atoms with van der Waals surface area (Å²) >= 11 is 0. The molecule has 0 saturated carbocycles. The Hall–Kier alpha value is -1.98. The van der Waals surface area contributed by atoms with Gasteiger partial charge in [0.25, 0.3) is 0 Å². The van der Waals surface area contributed by atoms with Crippen molar-refractivity contribution in [1.29, 1.82) is 0 Å². The number of aliphatic carboxylic acids is 1. The van der Waals surface area contributed by atoms with Gasteiger partial charge in [-0.2, -0.15) is 0 Å². The highest BCUT2D eigenvalue weighted by molar-refractivity contribution is 5.81. The SMILES string of the molecule is CC(C)(C)OC(=O)N1CC(Cc2ccco2)CC1C(=O)O. The molecule has 116 valence electrons. The number of carboxylic acid groups (broad SMARTS) is 1. The molecule has 1 N–H and O–H groups in total. The van der Waals surface area contributed by atoms with Gasteiger partial charge >= 0.3 is 12.1 Å². The van der Waals surface area contributed by atoms with E-state index in [9.17, 15) is 14.7 Å². The third kappa shape index (κ3) is 4.00. The number of carbonyl (C=O) groups is 2. The number of likely N-dealkylation sites (tertiary alicyclic amines) is 1. The minimum absolute atomic E-state index is 0.0600. The van der Waals surface area contributed by atoms with E-state index in [-0.39, 0.29) is 5.92 Å². The molecule has 0 bridgehead atoms. The molecule has 1 fully saturated rings. The van der Waals surface area contributed by atoms with Gasteiger partial charge < -0.3 is 14.3 Å². The zero-order chi connectivity index (χ0) is 15.6. The van der Waals surface area contributed by atoms with Crippen molar-refractivity contribution in [2.24, 2.45) is 5.92 Å². The van der Waals surface area contributed by atoms with Gasteiger partial charge in [-0.05, 0) is 45.2 Å². The Morgan fingerprint density at radius 1 is 1.48 bits per heavy atom. The molecule has 0 spiro atoms. The predicted octanol–water partition coefficient (Wildman–Crippen LogP) is 2.53. The van der Waals surface area contributed by atoms with Gasteiger partial charge in [0.15, 0.2) is 0 Å². The molecule has 2 rings (SSSR count). The van der Waals surface area contributed by atoms with E-state index in [0.717, 1.165) is 5.76 Å². The smallest absolute Gasteiger partial charge is 0.411 e. The van der Waals surface area contributed by atoms with Crippen molar-refractivity contribution in [3.8, 4) is 0 Å². The monoisotopic (exact) mass is 295 g/mol. The van der Waals surface area contributed by atoms with Gasteiger partial charge in [0.05, 0.1) is 6.26 Å². The van der Waals surface area contributed by atoms with Gasteiger partial charge in [0, 0.05) is 13.0 Å². The first kappa shape index (κ1) is 15.4. The first-order valence-corrected chi connectivity index (χ1v) is 7.01. The van der Waals surface area contributed by atoms with Crippen molar-refractivity contribution in [2.45, 2.75) is 45.3 Å². The van der Waals surface area contributed by atoms with Crippen LogP contribution in [0.2, 0.25) is 0 Å². The van der Waals surface area contributed by atoms with E-state index in [1.54, 1.807) is 33.1 Å². The largest absolute Gasteiger partial charge is 0.480 e. The maximum absolute atomic E-state index is 12.1. The van der Waals surface area contributed by atoms with Crippen LogP contribution in [0, 0.1) is 5.92 Å². The number of nitrogens with zero attached hydrogens (tertiary/aromatic N) is 1. The lowest BCUT2D eigenvalue weighted by Gasteiger charge is -2.26. The topological polar surface area (TPSA) is 80.0 Å². The molecule has 0 aliphatic carbocycles. The van der Waals surface area contributed by atoms with Crippen LogP contribution >= 0.6 is 0 Å². The van der Waals surface area contributed by atoms with Crippen LogP contribution in [0.4, 0.5) is 4.79 Å². The van der Waals surface area contributed by atoms with E-state index in [4.69, 9.17) is 9.15 Å². The van der Waals surface area contributed by atoms with E-state index in [1.807, 2.05) is 6.07 Å². The first-order chi connectivity index (χ1) is 9.76. The van der Waals surface area contributed by atoms with Crippen molar-refractivity contribution in [1.82, 2.24) is 4.90 Å². The zero-order valence-corrected chi connectivity index (χ0v) is 12.5. The Morgan fingerprint density at radius 2 is 2.19 bits per heavy atom. The van der Waals surface area contributed by atoms with Crippen molar-refractivity contribution < 1.29 is 23.8 Å². The summed E-state index contributed by atoms with van der Waals surface area (Å²) in [7, 11) is 0. The summed E-state index contributed by atoms with van der Waals surface area (Å²) in [5.74, 6) is -0.136. The Bertz CT molecular complexity index is 503. The highest BCUT2D eigenvalue weighted by Crippen LogP contribution is 2.28. The van der Waals surface area contributed by atoms with Crippen LogP contribution in [0.1, 0.15) is 33.0 Å². The Morgan fingerprint density at radius 3 is 2.71 bits per heavy atom. The molecule has 6 heteroatoms. The molecule has 1 aromatic rings. The highest BCUT2D eigenvalue weighted by Gasteiger charge is 2.41. The van der Waals surface area contributed by atoms with Gasteiger partial charge in [-0.1, -0.05) is 0 Å². The normalized spacial score (nSPS) is 22.3. The number of rotatable bonds is 3. The van der Waals surface area contributed by atoms with Crippen LogP contribution in [0.3, 0.4) is 0 Å². The molecule has 21 heavy (non-hydrogen) atoms. The van der Waals surface area contributed by atoms with Crippen LogP contribution in [0.15, 0.2) is 22.8 Å². The van der Waals surface area contributed by atoms with Gasteiger partial charge in [0.1, 0.15) is 17.4 Å². The molecule has 2 unspecified atom stereocenters. The van der Waals surface area contributed by atoms with Crippen LogP contribution in [0.25, 0.3) is 0 Å². The third-order valence-corrected chi connectivity index (χ3v) is 3.37. The van der Waals surface area contributed by atoms with Crippen molar-refractivity contribution >= 4 is 12.1 Å². The van der Waals surface area contributed by atoms with E-state index in [1.165, 1.54) is 4.90 Å². The number of carbonyl (C=O) groups excluding carboxylic acids is 1. The molecule has 1 aromatic heterocycles. The summed E-state index contributed by atoms with van der Waals surface area (Å²) in [5.41, 5.74) is -0.640. The summed E-state index contributed by atoms with van der Waals surface area (Å²) in [4.78, 5) is 24.8. The van der Waals surface area contributed by atoms with Crippen molar-refractivity contribution in [3.63, 3.8) is 0 Å². The standard InChI is InChI=1S/C15H21NO5/c1-15(2,3)21-14(19)16-9-10(8-12(16)13(17)18)7-11-5-4-6-20-11/h4-6,10,12H,7-9H2,1-3H3,(H,17,18). The highest BCUT2D eigenvalue weighted by atomic mass is 16.6. The number of furan rings is 1. The molecule has 2 atom stereocenters. The second kappa shape index (κ2) is 5.79. The van der Waals surface area contributed by atoms with E-state index < -0.39 is 23.7 Å². The van der Waals surface area contributed by atoms with Crippen LogP contribution < -0.4 is 0 Å². The summed E-state index contributed by atoms with van der Waals surface area (Å²) in [6, 6.07) is 2.82. The minimum atomic E-state index is -0.997. The molecular weight excluding hydrogens is 274 g/mol. The lowest BCUT2D eigenvalue weighted by molar-refractivity contribution is -0.142. The van der Waals surface area contributed by atoms with Gasteiger partial charge in [-0.3, -0.25) is 4.90 Å². The quantitative estimate of drug-likeness (QED) is 0.926. The number of hydrogen-bond acceptors (Lipinski definition) is 4. The second-order valence-corrected chi connectivity index (χ2v) is 6.37. The Balaban J connectivity index is 2.05. The second-order valence-electron chi connectivity index (χ2n) is 6.37. The van der Waals surface area contributed by atoms with Crippen molar-refractivity contribution in [3.05, 3.63) is 24.2 Å². The molecule has 0 aromatic carbocycles. The lowest BCUT2D eigenvalue weighted by atomic mass is 10.0. The third-order valence-electron chi connectivity index (χ3n) is 3.37. The van der Waals surface area contributed by atoms with E-state index >= 15 is 0 Å². The summed E-state index contributed by atoms with van der Waals surface area (Å²) in [5, 5.41) is 9.30. The molecule has 1 saturated heterocycles. The van der Waals surface area contributed by atoms with Crippen LogP contribution in [-0.2, 0) is 16.0 Å². The fourth-order valence-corrected chi connectivity index (χ4v) is 2.54. The summed E-state index contributed by atoms with van der Waals surface area (Å²) < 4.78 is 10.6. The first-order valence-electron chi connectivity index (χ1n) is 7.01. The predicted molar refractivity (Wildman–Crippen MR) is 74.9 cm³/mol. The van der Waals surface area contributed by atoms with Crippen LogP contribution in [0.5, 0.6) is 0 Å². The maximum atomic E-state index is 12.1.